The number of carbonyl (C=O) groups excluding carboxylic acids is 2. The number of ether oxygens (including phenoxy) is 1. The zero-order valence-electron chi connectivity index (χ0n) is 15.5. The van der Waals surface area contributed by atoms with E-state index < -0.39 is 24.7 Å². The Hall–Kier alpha value is -3.03. The summed E-state index contributed by atoms with van der Waals surface area (Å²) >= 11 is 0. The zero-order chi connectivity index (χ0) is 19.8. The quantitative estimate of drug-likeness (QED) is 0.535. The summed E-state index contributed by atoms with van der Waals surface area (Å²) in [4.78, 5) is 38.1. The largest absolute Gasteiger partial charge is 0.479 e. The molecule has 1 heterocycles. The van der Waals surface area contributed by atoms with Gasteiger partial charge in [-0.15, -0.1) is 0 Å². The average Bonchev–Trinajstić information content (AvgIpc) is 3.02. The first-order chi connectivity index (χ1) is 12.9. The molecule has 0 radical (unpaired) electrons. The molecule has 27 heavy (non-hydrogen) atoms. The molecule has 4 N–H and O–H groups in total. The normalized spacial score (nSPS) is 12.0. The molecule has 1 aromatic carbocycles. The molecule has 146 valence electrons. The number of amides is 2. The number of carboxylic acid groups (broad SMARTS) is 1. The number of hydrogen-bond acceptors (Lipinski definition) is 4. The van der Waals surface area contributed by atoms with Crippen LogP contribution in [0.1, 0.15) is 25.8 Å². The van der Waals surface area contributed by atoms with Crippen LogP contribution in [0.2, 0.25) is 0 Å². The van der Waals surface area contributed by atoms with Gasteiger partial charge in [-0.3, -0.25) is 4.79 Å². The number of rotatable bonds is 9. The fourth-order valence-electron chi connectivity index (χ4n) is 2.65. The third-order valence-corrected chi connectivity index (χ3v) is 4.06. The van der Waals surface area contributed by atoms with Crippen LogP contribution < -0.4 is 10.6 Å². The zero-order valence-corrected chi connectivity index (χ0v) is 15.5. The van der Waals surface area contributed by atoms with E-state index in [2.05, 4.69) is 34.2 Å². The molecule has 0 unspecified atom stereocenters. The minimum Gasteiger partial charge on any atom is -0.479 e. The number of benzene rings is 1. The number of nitrogens with one attached hydrogen (secondary N) is 3. The first kappa shape index (κ1) is 20.3. The van der Waals surface area contributed by atoms with Crippen molar-refractivity contribution in [2.45, 2.75) is 32.7 Å². The second kappa shape index (κ2) is 9.61. The van der Waals surface area contributed by atoms with Crippen LogP contribution in [0, 0.1) is 5.92 Å². The van der Waals surface area contributed by atoms with Crippen molar-refractivity contribution < 1.29 is 24.2 Å². The van der Waals surface area contributed by atoms with E-state index in [1.54, 1.807) is 6.20 Å². The summed E-state index contributed by atoms with van der Waals surface area (Å²) in [6.07, 6.45) is 1.92. The molecule has 0 spiro atoms. The molecule has 8 heteroatoms. The molecule has 0 aliphatic carbocycles. The summed E-state index contributed by atoms with van der Waals surface area (Å²) in [5.41, 5.74) is 1.80. The smallest absolute Gasteiger partial charge is 0.408 e. The predicted octanol–water partition coefficient (Wildman–Crippen LogP) is 2.05. The van der Waals surface area contributed by atoms with Crippen molar-refractivity contribution in [1.82, 2.24) is 15.6 Å². The molecule has 0 fully saturated rings. The van der Waals surface area contributed by atoms with Crippen molar-refractivity contribution in [2.75, 3.05) is 13.2 Å². The van der Waals surface area contributed by atoms with E-state index in [0.717, 1.165) is 22.9 Å². The molecule has 2 aromatic rings. The number of carbonyl (C=O) groups is 3. The second-order valence-corrected chi connectivity index (χ2v) is 6.70. The van der Waals surface area contributed by atoms with Gasteiger partial charge in [0.1, 0.15) is 6.04 Å². The van der Waals surface area contributed by atoms with Crippen LogP contribution in [0.25, 0.3) is 10.9 Å². The van der Waals surface area contributed by atoms with Gasteiger partial charge < -0.3 is 25.5 Å². The maximum atomic E-state index is 12.6. The molecular weight excluding hydrogens is 350 g/mol. The summed E-state index contributed by atoms with van der Waals surface area (Å²) in [5.74, 6) is -1.17. The van der Waals surface area contributed by atoms with Gasteiger partial charge in [0.05, 0.1) is 0 Å². The number of carboxylic acids is 1. The van der Waals surface area contributed by atoms with Gasteiger partial charge in [0, 0.05) is 30.1 Å². The summed E-state index contributed by atoms with van der Waals surface area (Å²) in [6.45, 7) is 3.83. The van der Waals surface area contributed by atoms with Crippen LogP contribution in [0.3, 0.4) is 0 Å². The van der Waals surface area contributed by atoms with Crippen LogP contribution in [0.5, 0.6) is 0 Å². The number of aliphatic carboxylic acids is 1. The minimum absolute atomic E-state index is 0.250. The van der Waals surface area contributed by atoms with Crippen molar-refractivity contribution in [3.63, 3.8) is 0 Å². The fraction of sp³-hybridized carbons (Fsp3) is 0.421. The molecule has 0 saturated carbocycles. The highest BCUT2D eigenvalue weighted by Gasteiger charge is 2.23. The van der Waals surface area contributed by atoms with Crippen molar-refractivity contribution in [1.29, 1.82) is 0 Å². The van der Waals surface area contributed by atoms with Crippen molar-refractivity contribution in [3.8, 4) is 0 Å². The lowest BCUT2D eigenvalue weighted by Gasteiger charge is -2.18. The van der Waals surface area contributed by atoms with Crippen LogP contribution in [-0.2, 0) is 20.7 Å². The van der Waals surface area contributed by atoms with E-state index in [-0.39, 0.29) is 12.3 Å². The highest BCUT2D eigenvalue weighted by molar-refractivity contribution is 5.88. The Morgan fingerprint density at radius 1 is 1.22 bits per heavy atom. The molecule has 8 nitrogen and oxygen atoms in total. The lowest BCUT2D eigenvalue weighted by atomic mass is 10.0. The fourth-order valence-corrected chi connectivity index (χ4v) is 2.65. The van der Waals surface area contributed by atoms with E-state index >= 15 is 0 Å². The van der Waals surface area contributed by atoms with Gasteiger partial charge in [-0.1, -0.05) is 32.0 Å². The van der Waals surface area contributed by atoms with Gasteiger partial charge >= 0.3 is 12.1 Å². The average molecular weight is 375 g/mol. The second-order valence-electron chi connectivity index (χ2n) is 6.70. The molecule has 1 atom stereocenters. The number of hydrogen-bond donors (Lipinski definition) is 4. The van der Waals surface area contributed by atoms with E-state index in [1.165, 1.54) is 0 Å². The van der Waals surface area contributed by atoms with Crippen LogP contribution in [-0.4, -0.2) is 47.3 Å². The third kappa shape index (κ3) is 6.32. The number of aromatic amines is 1. The number of fused-ring (bicyclic) bond motifs is 1. The number of para-hydroxylation sites is 1. The number of aromatic nitrogens is 1. The molecule has 1 aromatic heterocycles. The predicted molar refractivity (Wildman–Crippen MR) is 100 cm³/mol. The van der Waals surface area contributed by atoms with E-state index in [9.17, 15) is 14.4 Å². The highest BCUT2D eigenvalue weighted by atomic mass is 16.6. The Bertz CT molecular complexity index is 799. The summed E-state index contributed by atoms with van der Waals surface area (Å²) < 4.78 is 4.60. The van der Waals surface area contributed by atoms with Gasteiger partial charge in [0.2, 0.25) is 5.91 Å². The monoisotopic (exact) mass is 375 g/mol. The first-order valence-electron chi connectivity index (χ1n) is 8.84. The van der Waals surface area contributed by atoms with Crippen LogP contribution in [0.4, 0.5) is 4.79 Å². The van der Waals surface area contributed by atoms with Crippen molar-refractivity contribution in [3.05, 3.63) is 36.0 Å². The number of H-pyrrole nitrogens is 1. The van der Waals surface area contributed by atoms with E-state index in [0.29, 0.717) is 12.5 Å². The Morgan fingerprint density at radius 3 is 2.67 bits per heavy atom. The van der Waals surface area contributed by atoms with Gasteiger partial charge in [-0.05, 0) is 24.0 Å². The summed E-state index contributed by atoms with van der Waals surface area (Å²) in [7, 11) is 0. The summed E-state index contributed by atoms with van der Waals surface area (Å²) in [6, 6.07) is 6.77. The highest BCUT2D eigenvalue weighted by Crippen LogP contribution is 2.19. The van der Waals surface area contributed by atoms with E-state index in [4.69, 9.17) is 5.11 Å². The van der Waals surface area contributed by atoms with Gasteiger partial charge in [0.25, 0.3) is 0 Å². The maximum Gasteiger partial charge on any atom is 0.408 e. The molecule has 0 aliphatic rings. The Morgan fingerprint density at radius 2 is 1.96 bits per heavy atom. The minimum atomic E-state index is -1.26. The molecule has 0 saturated heterocycles. The first-order valence-corrected chi connectivity index (χ1v) is 8.84. The Balaban J connectivity index is 2.09. The van der Waals surface area contributed by atoms with Gasteiger partial charge in [-0.25, -0.2) is 9.59 Å². The molecular formula is C19H25N3O5. The topological polar surface area (TPSA) is 121 Å². The molecule has 2 rings (SSSR count). The maximum absolute atomic E-state index is 12.6. The lowest BCUT2D eigenvalue weighted by molar-refractivity contribution is -0.140. The van der Waals surface area contributed by atoms with Crippen molar-refractivity contribution >= 4 is 28.9 Å². The van der Waals surface area contributed by atoms with Gasteiger partial charge in [0.15, 0.2) is 6.61 Å². The van der Waals surface area contributed by atoms with Crippen LogP contribution in [0.15, 0.2) is 30.5 Å². The molecule has 0 bridgehead atoms. The summed E-state index contributed by atoms with van der Waals surface area (Å²) in [5, 5.41) is 14.8. The number of alkyl carbamates (subject to hydrolysis) is 1. The standard InChI is InChI=1S/C19H25N3O5/c1-12(2)7-8-20-18(25)16(22-19(26)27-11-17(23)24)9-13-10-21-15-6-4-3-5-14(13)15/h3-6,10,12,16,21H,7-9,11H2,1-2H3,(H,20,25)(H,22,26)(H,23,24)/t16-/m0/s1. The molecule has 0 aliphatic heterocycles. The lowest BCUT2D eigenvalue weighted by Crippen LogP contribution is -2.48. The third-order valence-electron chi connectivity index (χ3n) is 4.06. The Labute approximate surface area is 157 Å². The van der Waals surface area contributed by atoms with Crippen molar-refractivity contribution in [2.24, 2.45) is 5.92 Å². The Kier molecular flexibility index (Phi) is 7.22. The van der Waals surface area contributed by atoms with Crippen LogP contribution >= 0.6 is 0 Å². The SMILES string of the molecule is CC(C)CCNC(=O)[C@H](Cc1c[nH]c2ccccc12)NC(=O)OCC(=O)O. The molecule has 2 amide bonds. The van der Waals surface area contributed by atoms with E-state index in [1.807, 2.05) is 24.3 Å². The van der Waals surface area contributed by atoms with Gasteiger partial charge in [-0.2, -0.15) is 0 Å².